The van der Waals surface area contributed by atoms with Crippen LogP contribution in [0.4, 0.5) is 0 Å². The summed E-state index contributed by atoms with van der Waals surface area (Å²) >= 11 is 0. The molecular formula is C10H8O. The van der Waals surface area contributed by atoms with Gasteiger partial charge >= 0.3 is 0 Å². The first-order valence-corrected chi connectivity index (χ1v) is 3.84. The van der Waals surface area contributed by atoms with Crippen LogP contribution in [0.3, 0.4) is 0 Å². The number of hydrogen-bond acceptors (Lipinski definition) is 1. The molecular weight excluding hydrogens is 136 g/mol. The van der Waals surface area contributed by atoms with Crippen LogP contribution < -0.4 is 4.74 Å². The normalized spacial score (nSPS) is 23.4. The van der Waals surface area contributed by atoms with Gasteiger partial charge in [0, 0.05) is 11.1 Å². The van der Waals surface area contributed by atoms with Gasteiger partial charge in [0.2, 0.25) is 0 Å². The first-order chi connectivity index (χ1) is 5.34. The Morgan fingerprint density at radius 3 is 3.18 bits per heavy atom. The quantitative estimate of drug-likeness (QED) is 0.543. The molecule has 0 spiro atoms. The maximum atomic E-state index is 5.60. The van der Waals surface area contributed by atoms with Crippen molar-refractivity contribution in [3.8, 4) is 5.75 Å². The van der Waals surface area contributed by atoms with Gasteiger partial charge in [0.15, 0.2) is 0 Å². The van der Waals surface area contributed by atoms with E-state index in [2.05, 4.69) is 31.2 Å². The Balaban J connectivity index is 2.44. The van der Waals surface area contributed by atoms with Crippen molar-refractivity contribution in [3.63, 3.8) is 0 Å². The Bertz CT molecular complexity index is 363. The second kappa shape index (κ2) is 1.50. The molecule has 0 aliphatic carbocycles. The Morgan fingerprint density at radius 1 is 1.36 bits per heavy atom. The van der Waals surface area contributed by atoms with Crippen molar-refractivity contribution in [1.82, 2.24) is 0 Å². The number of ether oxygens (including phenoxy) is 1. The van der Waals surface area contributed by atoms with E-state index in [9.17, 15) is 0 Å². The molecule has 0 aromatic heterocycles. The third-order valence-corrected chi connectivity index (χ3v) is 2.41. The molecule has 0 amide bonds. The zero-order valence-corrected chi connectivity index (χ0v) is 6.29. The average molecular weight is 144 g/mol. The summed E-state index contributed by atoms with van der Waals surface area (Å²) in [6, 6.07) is 6.42. The summed E-state index contributed by atoms with van der Waals surface area (Å²) in [7, 11) is 0. The lowest BCUT2D eigenvalue weighted by Crippen LogP contribution is -2.01. The van der Waals surface area contributed by atoms with Crippen molar-refractivity contribution in [2.24, 2.45) is 0 Å². The molecule has 2 heterocycles. The lowest BCUT2D eigenvalue weighted by atomic mass is 10.1. The van der Waals surface area contributed by atoms with Gasteiger partial charge in [-0.25, -0.2) is 0 Å². The number of hydrogen-bond donors (Lipinski definition) is 0. The summed E-state index contributed by atoms with van der Waals surface area (Å²) in [5.41, 5.74) is 3.89. The summed E-state index contributed by atoms with van der Waals surface area (Å²) < 4.78 is 5.60. The van der Waals surface area contributed by atoms with Gasteiger partial charge in [-0.1, -0.05) is 12.1 Å². The molecule has 0 saturated heterocycles. The van der Waals surface area contributed by atoms with Crippen LogP contribution in [0, 0.1) is 0 Å². The molecule has 0 radical (unpaired) electrons. The number of fused-ring (bicyclic) bond motifs is 3. The molecule has 1 nitrogen and oxygen atoms in total. The highest BCUT2D eigenvalue weighted by Gasteiger charge is 2.26. The molecule has 1 heteroatoms. The number of rotatable bonds is 0. The Kier molecular flexibility index (Phi) is 0.738. The van der Waals surface area contributed by atoms with Gasteiger partial charge in [-0.05, 0) is 24.6 Å². The van der Waals surface area contributed by atoms with E-state index >= 15 is 0 Å². The summed E-state index contributed by atoms with van der Waals surface area (Å²) in [4.78, 5) is 0. The van der Waals surface area contributed by atoms with Gasteiger partial charge in [-0.3, -0.25) is 0 Å². The molecule has 3 rings (SSSR count). The molecule has 1 aromatic carbocycles. The van der Waals surface area contributed by atoms with Crippen molar-refractivity contribution in [3.05, 3.63) is 35.4 Å². The molecule has 1 atom stereocenters. The van der Waals surface area contributed by atoms with Gasteiger partial charge in [-0.2, -0.15) is 0 Å². The van der Waals surface area contributed by atoms with Gasteiger partial charge in [-0.15, -0.1) is 0 Å². The van der Waals surface area contributed by atoms with E-state index in [1.54, 1.807) is 0 Å². The van der Waals surface area contributed by atoms with E-state index < -0.39 is 0 Å². The van der Waals surface area contributed by atoms with E-state index in [1.165, 1.54) is 16.7 Å². The second-order valence-electron chi connectivity index (χ2n) is 3.14. The summed E-state index contributed by atoms with van der Waals surface area (Å²) in [5.74, 6) is 1.06. The largest absolute Gasteiger partial charge is 0.481 e. The molecule has 2 aliphatic heterocycles. The van der Waals surface area contributed by atoms with Crippen LogP contribution in [-0.2, 0) is 0 Å². The third kappa shape index (κ3) is 0.519. The number of benzene rings is 1. The van der Waals surface area contributed by atoms with Crippen molar-refractivity contribution < 1.29 is 4.74 Å². The maximum Gasteiger partial charge on any atom is 0.143 e. The van der Waals surface area contributed by atoms with E-state index in [1.807, 2.05) is 0 Å². The van der Waals surface area contributed by atoms with Crippen molar-refractivity contribution >= 4 is 5.57 Å². The van der Waals surface area contributed by atoms with Crippen LogP contribution in [0.5, 0.6) is 5.75 Å². The first-order valence-electron chi connectivity index (χ1n) is 3.84. The molecule has 1 aromatic rings. The zero-order valence-electron chi connectivity index (χ0n) is 6.29. The predicted molar refractivity (Wildman–Crippen MR) is 43.5 cm³/mol. The molecule has 2 aliphatic rings. The highest BCUT2D eigenvalue weighted by Crippen LogP contribution is 2.43. The Hall–Kier alpha value is -1.24. The number of allylic oxidation sites excluding steroid dienone is 1. The highest BCUT2D eigenvalue weighted by molar-refractivity contribution is 5.74. The van der Waals surface area contributed by atoms with E-state index in [-0.39, 0.29) is 6.10 Å². The summed E-state index contributed by atoms with van der Waals surface area (Å²) in [6.45, 7) is 2.14. The Labute approximate surface area is 65.3 Å². The molecule has 0 fully saturated rings. The molecule has 1 unspecified atom stereocenters. The van der Waals surface area contributed by atoms with Crippen LogP contribution in [0.1, 0.15) is 24.2 Å². The van der Waals surface area contributed by atoms with Crippen LogP contribution in [0.25, 0.3) is 5.57 Å². The van der Waals surface area contributed by atoms with E-state index in [0.717, 1.165) is 5.75 Å². The maximum absolute atomic E-state index is 5.60. The topological polar surface area (TPSA) is 9.23 Å². The molecule has 54 valence electrons. The lowest BCUT2D eigenvalue weighted by Gasteiger charge is -2.14. The third-order valence-electron chi connectivity index (χ3n) is 2.41. The SMILES string of the molecule is CC1=CC2Oc3cc2ccc31. The monoisotopic (exact) mass is 144 g/mol. The Morgan fingerprint density at radius 2 is 2.27 bits per heavy atom. The van der Waals surface area contributed by atoms with Crippen molar-refractivity contribution in [2.45, 2.75) is 13.0 Å². The molecule has 0 saturated carbocycles. The average Bonchev–Trinajstić information content (AvgIpc) is 2.14. The first kappa shape index (κ1) is 5.42. The lowest BCUT2D eigenvalue weighted by molar-refractivity contribution is 0.272. The van der Waals surface area contributed by atoms with Gasteiger partial charge < -0.3 is 4.74 Å². The van der Waals surface area contributed by atoms with Gasteiger partial charge in [0.1, 0.15) is 11.9 Å². The smallest absolute Gasteiger partial charge is 0.143 e. The minimum Gasteiger partial charge on any atom is -0.481 e. The second-order valence-corrected chi connectivity index (χ2v) is 3.14. The van der Waals surface area contributed by atoms with Crippen LogP contribution in [0.2, 0.25) is 0 Å². The minimum absolute atomic E-state index is 0.215. The van der Waals surface area contributed by atoms with Crippen LogP contribution in [-0.4, -0.2) is 0 Å². The zero-order chi connectivity index (χ0) is 7.42. The van der Waals surface area contributed by atoms with Crippen molar-refractivity contribution in [2.75, 3.05) is 0 Å². The minimum atomic E-state index is 0.215. The van der Waals surface area contributed by atoms with Crippen LogP contribution >= 0.6 is 0 Å². The van der Waals surface area contributed by atoms with Crippen LogP contribution in [0.15, 0.2) is 24.3 Å². The fourth-order valence-electron chi connectivity index (χ4n) is 1.79. The molecule has 0 N–H and O–H groups in total. The highest BCUT2D eigenvalue weighted by atomic mass is 16.5. The summed E-state index contributed by atoms with van der Waals surface area (Å²) in [5, 5.41) is 0. The van der Waals surface area contributed by atoms with Gasteiger partial charge in [0.05, 0.1) is 0 Å². The molecule has 11 heavy (non-hydrogen) atoms. The van der Waals surface area contributed by atoms with E-state index in [4.69, 9.17) is 4.74 Å². The van der Waals surface area contributed by atoms with E-state index in [0.29, 0.717) is 0 Å². The van der Waals surface area contributed by atoms with Crippen molar-refractivity contribution in [1.29, 1.82) is 0 Å². The fraction of sp³-hybridized carbons (Fsp3) is 0.200. The molecule has 3 bridgehead atoms. The standard InChI is InChI=1S/C10H8O/c1-6-4-9-7-2-3-8(6)10(5-7)11-9/h2-5,9H,1H3. The fourth-order valence-corrected chi connectivity index (χ4v) is 1.79. The predicted octanol–water partition coefficient (Wildman–Crippen LogP) is 2.54. The van der Waals surface area contributed by atoms with Gasteiger partial charge in [0.25, 0.3) is 0 Å². The summed E-state index contributed by atoms with van der Waals surface area (Å²) in [6.07, 6.45) is 2.39.